The number of hydrogen-bond donors (Lipinski definition) is 0. The minimum absolute atomic E-state index is 0.0329. The van der Waals surface area contributed by atoms with Crippen molar-refractivity contribution in [1.29, 1.82) is 0 Å². The predicted octanol–water partition coefficient (Wildman–Crippen LogP) is 4.65. The summed E-state index contributed by atoms with van der Waals surface area (Å²) in [5.41, 5.74) is 4.54. The van der Waals surface area contributed by atoms with Crippen LogP contribution in [0.1, 0.15) is 21.5 Å². The first-order chi connectivity index (χ1) is 17.1. The van der Waals surface area contributed by atoms with Gasteiger partial charge in [-0.2, -0.15) is 5.10 Å². The van der Waals surface area contributed by atoms with Gasteiger partial charge in [-0.15, -0.1) is 0 Å². The number of rotatable bonds is 6. The molecule has 0 fully saturated rings. The summed E-state index contributed by atoms with van der Waals surface area (Å²) < 4.78 is 19.0. The van der Waals surface area contributed by atoms with Crippen molar-refractivity contribution < 1.29 is 19.0 Å². The number of ether oxygens (including phenoxy) is 3. The van der Waals surface area contributed by atoms with Crippen molar-refractivity contribution in [3.8, 4) is 28.4 Å². The number of benzene rings is 3. The number of hydrogen-bond acceptors (Lipinski definition) is 5. The molecule has 0 bridgehead atoms. The Labute approximate surface area is 204 Å². The van der Waals surface area contributed by atoms with E-state index in [-0.39, 0.29) is 5.91 Å². The minimum atomic E-state index is -0.0329. The largest absolute Gasteiger partial charge is 0.497 e. The molecular weight excluding hydrogens is 442 g/mol. The fraction of sp³-hybridized carbons (Fsp3) is 0.214. The highest BCUT2D eigenvalue weighted by molar-refractivity contribution is 5.94. The van der Waals surface area contributed by atoms with Crippen LogP contribution in [0.5, 0.6) is 17.2 Å². The highest BCUT2D eigenvalue weighted by Crippen LogP contribution is 2.39. The van der Waals surface area contributed by atoms with Crippen molar-refractivity contribution in [1.82, 2.24) is 14.7 Å². The molecule has 1 aliphatic heterocycles. The van der Waals surface area contributed by atoms with E-state index in [2.05, 4.69) is 11.2 Å². The Kier molecular flexibility index (Phi) is 6.39. The number of nitrogens with zero attached hydrogens (tertiary/aromatic N) is 3. The van der Waals surface area contributed by atoms with Gasteiger partial charge in [0, 0.05) is 30.1 Å². The van der Waals surface area contributed by atoms with Crippen molar-refractivity contribution in [2.45, 2.75) is 13.1 Å². The van der Waals surface area contributed by atoms with Crippen molar-refractivity contribution in [2.75, 3.05) is 27.4 Å². The van der Waals surface area contributed by atoms with E-state index in [0.717, 1.165) is 28.0 Å². The maximum Gasteiger partial charge on any atom is 0.254 e. The zero-order valence-corrected chi connectivity index (χ0v) is 19.8. The lowest BCUT2D eigenvalue weighted by Gasteiger charge is -2.21. The van der Waals surface area contributed by atoms with Crippen LogP contribution in [0.4, 0.5) is 0 Å². The number of amides is 1. The van der Waals surface area contributed by atoms with Crippen LogP contribution in [0, 0.1) is 0 Å². The number of carbonyl (C=O) groups is 1. The lowest BCUT2D eigenvalue weighted by Crippen LogP contribution is -2.32. The third kappa shape index (κ3) is 4.84. The summed E-state index contributed by atoms with van der Waals surface area (Å²) >= 11 is 0. The number of carbonyl (C=O) groups excluding carboxylic acids is 1. The van der Waals surface area contributed by atoms with Crippen LogP contribution < -0.4 is 14.2 Å². The number of aromatic nitrogens is 2. The maximum atomic E-state index is 13.5. The van der Waals surface area contributed by atoms with Gasteiger partial charge in [0.05, 0.1) is 27.3 Å². The Morgan fingerprint density at radius 1 is 1.00 bits per heavy atom. The lowest BCUT2D eigenvalue weighted by molar-refractivity contribution is 0.0733. The van der Waals surface area contributed by atoms with Gasteiger partial charge in [0.25, 0.3) is 5.91 Å². The Morgan fingerprint density at radius 3 is 2.69 bits per heavy atom. The molecule has 0 unspecified atom stereocenters. The molecule has 0 saturated heterocycles. The van der Waals surface area contributed by atoms with Gasteiger partial charge in [-0.25, -0.2) is 0 Å². The van der Waals surface area contributed by atoms with E-state index < -0.39 is 0 Å². The van der Waals surface area contributed by atoms with Gasteiger partial charge in [-0.05, 0) is 59.2 Å². The van der Waals surface area contributed by atoms with E-state index >= 15 is 0 Å². The molecule has 0 radical (unpaired) electrons. The zero-order chi connectivity index (χ0) is 24.2. The Bertz CT molecular complexity index is 1330. The van der Waals surface area contributed by atoms with Gasteiger partial charge in [-0.3, -0.25) is 9.48 Å². The van der Waals surface area contributed by atoms with Gasteiger partial charge in [0.15, 0.2) is 11.5 Å². The summed E-state index contributed by atoms with van der Waals surface area (Å²) in [4.78, 5) is 15.3. The first-order valence-electron chi connectivity index (χ1n) is 11.5. The monoisotopic (exact) mass is 469 g/mol. The van der Waals surface area contributed by atoms with Crippen LogP contribution in [0.15, 0.2) is 79.1 Å². The van der Waals surface area contributed by atoms with Crippen LogP contribution in [0.25, 0.3) is 11.1 Å². The lowest BCUT2D eigenvalue weighted by atomic mass is 10.0. The highest BCUT2D eigenvalue weighted by atomic mass is 16.5. The number of methoxy groups -OCH3 is 2. The third-order valence-corrected chi connectivity index (χ3v) is 6.09. The van der Waals surface area contributed by atoms with E-state index in [1.807, 2.05) is 76.4 Å². The molecule has 5 rings (SSSR count). The Morgan fingerprint density at radius 2 is 1.89 bits per heavy atom. The molecule has 1 amide bonds. The molecule has 1 aromatic heterocycles. The average molecular weight is 470 g/mol. The SMILES string of the molecule is COc1cccc(-c2cc3c(c(OC)c2)OCCN(C(=O)c2cccc(Cn4cccn4)c2)C3)c1. The van der Waals surface area contributed by atoms with E-state index in [0.29, 0.717) is 43.3 Å². The van der Waals surface area contributed by atoms with Gasteiger partial charge < -0.3 is 19.1 Å². The zero-order valence-electron chi connectivity index (χ0n) is 19.8. The van der Waals surface area contributed by atoms with Crippen LogP contribution in [-0.4, -0.2) is 48.0 Å². The van der Waals surface area contributed by atoms with Crippen LogP contribution >= 0.6 is 0 Å². The molecule has 0 spiro atoms. The molecule has 35 heavy (non-hydrogen) atoms. The summed E-state index contributed by atoms with van der Waals surface area (Å²) in [6, 6.07) is 21.5. The second-order valence-electron chi connectivity index (χ2n) is 8.38. The normalized spacial score (nSPS) is 12.9. The summed E-state index contributed by atoms with van der Waals surface area (Å²) in [5.74, 6) is 2.08. The molecule has 1 aliphatic rings. The maximum absolute atomic E-state index is 13.5. The van der Waals surface area contributed by atoms with Gasteiger partial charge >= 0.3 is 0 Å². The van der Waals surface area contributed by atoms with E-state index in [1.165, 1.54) is 0 Å². The van der Waals surface area contributed by atoms with Crippen LogP contribution in [0.2, 0.25) is 0 Å². The summed E-state index contributed by atoms with van der Waals surface area (Å²) in [5, 5.41) is 4.26. The molecule has 0 N–H and O–H groups in total. The van der Waals surface area contributed by atoms with Crippen molar-refractivity contribution >= 4 is 5.91 Å². The second-order valence-corrected chi connectivity index (χ2v) is 8.38. The van der Waals surface area contributed by atoms with Crippen LogP contribution in [-0.2, 0) is 13.1 Å². The molecule has 0 atom stereocenters. The van der Waals surface area contributed by atoms with E-state index in [9.17, 15) is 4.79 Å². The molecular formula is C28H27N3O4. The molecule has 7 nitrogen and oxygen atoms in total. The quantitative estimate of drug-likeness (QED) is 0.411. The van der Waals surface area contributed by atoms with Gasteiger partial charge in [0.1, 0.15) is 12.4 Å². The fourth-order valence-electron chi connectivity index (χ4n) is 4.34. The second kappa shape index (κ2) is 9.93. The van der Waals surface area contributed by atoms with Crippen molar-refractivity contribution in [3.05, 3.63) is 95.8 Å². The Balaban J connectivity index is 1.44. The Hall–Kier alpha value is -4.26. The molecule has 2 heterocycles. The summed E-state index contributed by atoms with van der Waals surface area (Å²) in [6.45, 7) is 1.90. The third-order valence-electron chi connectivity index (χ3n) is 6.09. The molecule has 3 aromatic carbocycles. The van der Waals surface area contributed by atoms with Gasteiger partial charge in [-0.1, -0.05) is 24.3 Å². The van der Waals surface area contributed by atoms with E-state index in [4.69, 9.17) is 14.2 Å². The van der Waals surface area contributed by atoms with Crippen LogP contribution in [0.3, 0.4) is 0 Å². The highest BCUT2D eigenvalue weighted by Gasteiger charge is 2.24. The first-order valence-corrected chi connectivity index (χ1v) is 11.5. The minimum Gasteiger partial charge on any atom is -0.497 e. The standard InChI is InChI=1S/C28H27N3O4/c1-33-25-9-4-7-21(16-25)23-15-24-19-30(12-13-35-27(24)26(17-23)34-2)28(32)22-8-3-6-20(14-22)18-31-11-5-10-29-31/h3-11,14-17H,12-13,18-19H2,1-2H3. The van der Waals surface area contributed by atoms with Crippen molar-refractivity contribution in [2.24, 2.45) is 0 Å². The smallest absolute Gasteiger partial charge is 0.254 e. The first kappa shape index (κ1) is 22.5. The molecule has 0 saturated carbocycles. The van der Waals surface area contributed by atoms with Crippen molar-refractivity contribution in [3.63, 3.8) is 0 Å². The number of fused-ring (bicyclic) bond motifs is 1. The summed E-state index contributed by atoms with van der Waals surface area (Å²) in [7, 11) is 3.28. The molecule has 178 valence electrons. The molecule has 0 aliphatic carbocycles. The fourth-order valence-corrected chi connectivity index (χ4v) is 4.34. The van der Waals surface area contributed by atoms with Gasteiger partial charge in [0.2, 0.25) is 0 Å². The van der Waals surface area contributed by atoms with E-state index in [1.54, 1.807) is 20.4 Å². The molecule has 7 heteroatoms. The predicted molar refractivity (Wildman–Crippen MR) is 133 cm³/mol. The molecule has 4 aromatic rings. The average Bonchev–Trinajstić information content (AvgIpc) is 3.31. The summed E-state index contributed by atoms with van der Waals surface area (Å²) in [6.07, 6.45) is 3.66. The topological polar surface area (TPSA) is 65.8 Å².